The molecule has 0 bridgehead atoms. The smallest absolute Gasteiger partial charge is 0.125 e. The molecule has 0 aromatic heterocycles. The first-order valence-corrected chi connectivity index (χ1v) is 6.83. The number of benzene rings is 2. The van der Waals surface area contributed by atoms with Gasteiger partial charge < -0.3 is 10.2 Å². The molecule has 0 radical (unpaired) electrons. The van der Waals surface area contributed by atoms with Gasteiger partial charge in [0, 0.05) is 23.8 Å². The Hall–Kier alpha value is -1.58. The highest BCUT2D eigenvalue weighted by atomic mass is 35.5. The summed E-state index contributed by atoms with van der Waals surface area (Å²) in [4.78, 5) is 2.12. The number of hydrogen-bond acceptors (Lipinski definition) is 2. The zero-order valence-corrected chi connectivity index (χ0v) is 12.4. The first-order chi connectivity index (χ1) is 9.52. The molecule has 0 heterocycles. The molecule has 0 saturated heterocycles. The number of anilines is 1. The van der Waals surface area contributed by atoms with Crippen LogP contribution in [0.2, 0.25) is 5.02 Å². The lowest BCUT2D eigenvalue weighted by Crippen LogP contribution is -2.10. The van der Waals surface area contributed by atoms with Crippen LogP contribution in [0.3, 0.4) is 0 Å². The minimum Gasteiger partial charge on any atom is -0.381 e. The average Bonchev–Trinajstić information content (AvgIpc) is 2.35. The predicted molar refractivity (Wildman–Crippen MR) is 82.6 cm³/mol. The molecule has 0 amide bonds. The Morgan fingerprint density at radius 2 is 1.90 bits per heavy atom. The summed E-state index contributed by atoms with van der Waals surface area (Å²) in [5.74, 6) is -0.310. The fourth-order valence-electron chi connectivity index (χ4n) is 2.06. The van der Waals surface area contributed by atoms with Crippen LogP contribution in [0.25, 0.3) is 0 Å². The summed E-state index contributed by atoms with van der Waals surface area (Å²) in [5, 5.41) is 3.70. The molecule has 0 spiro atoms. The molecule has 2 rings (SSSR count). The fourth-order valence-corrected chi connectivity index (χ4v) is 2.31. The van der Waals surface area contributed by atoms with Crippen molar-refractivity contribution >= 4 is 17.3 Å². The van der Waals surface area contributed by atoms with E-state index in [0.717, 1.165) is 17.8 Å². The number of halogens is 2. The Morgan fingerprint density at radius 3 is 2.60 bits per heavy atom. The first kappa shape index (κ1) is 14.8. The lowest BCUT2D eigenvalue weighted by molar-refractivity contribution is 0.402. The molecule has 1 N–H and O–H groups in total. The Labute approximate surface area is 124 Å². The van der Waals surface area contributed by atoms with E-state index in [4.69, 9.17) is 11.6 Å². The molecule has 2 aromatic carbocycles. The molecule has 0 fully saturated rings. The number of hydrogen-bond donors (Lipinski definition) is 1. The van der Waals surface area contributed by atoms with Crippen LogP contribution in [0.5, 0.6) is 0 Å². The van der Waals surface area contributed by atoms with Crippen LogP contribution in [0.4, 0.5) is 10.1 Å². The van der Waals surface area contributed by atoms with Gasteiger partial charge in [-0.15, -0.1) is 0 Å². The number of nitrogens with zero attached hydrogens (tertiary/aromatic N) is 1. The third kappa shape index (κ3) is 4.51. The Kier molecular flexibility index (Phi) is 4.99. The monoisotopic (exact) mass is 292 g/mol. The lowest BCUT2D eigenvalue weighted by atomic mass is 10.1. The van der Waals surface area contributed by atoms with Crippen molar-refractivity contribution in [3.05, 3.63) is 64.4 Å². The van der Waals surface area contributed by atoms with Gasteiger partial charge in [-0.2, -0.15) is 0 Å². The van der Waals surface area contributed by atoms with E-state index in [9.17, 15) is 4.39 Å². The number of rotatable bonds is 5. The maximum Gasteiger partial charge on any atom is 0.125 e. The van der Waals surface area contributed by atoms with E-state index in [0.29, 0.717) is 11.6 Å². The van der Waals surface area contributed by atoms with Crippen LogP contribution in [-0.2, 0) is 13.1 Å². The highest BCUT2D eigenvalue weighted by Gasteiger charge is 2.01. The molecular weight excluding hydrogens is 275 g/mol. The van der Waals surface area contributed by atoms with Gasteiger partial charge in [-0.25, -0.2) is 4.39 Å². The second kappa shape index (κ2) is 6.73. The minimum absolute atomic E-state index is 0.310. The molecule has 2 nitrogen and oxygen atoms in total. The first-order valence-electron chi connectivity index (χ1n) is 6.45. The fraction of sp³-hybridized carbons (Fsp3) is 0.250. The molecule has 0 unspecified atom stereocenters. The zero-order valence-electron chi connectivity index (χ0n) is 11.7. The van der Waals surface area contributed by atoms with Crippen molar-refractivity contribution in [3.63, 3.8) is 0 Å². The molecule has 0 atom stereocenters. The second-order valence-corrected chi connectivity index (χ2v) is 5.51. The maximum absolute atomic E-state index is 13.2. The van der Waals surface area contributed by atoms with E-state index in [1.54, 1.807) is 6.07 Å². The van der Waals surface area contributed by atoms with E-state index < -0.39 is 0 Å². The molecule has 0 aliphatic heterocycles. The summed E-state index contributed by atoms with van der Waals surface area (Å²) in [6, 6.07) is 12.8. The van der Waals surface area contributed by atoms with E-state index in [1.807, 2.05) is 26.2 Å². The predicted octanol–water partition coefficient (Wildman–Crippen LogP) is 4.15. The van der Waals surface area contributed by atoms with Crippen molar-refractivity contribution in [2.75, 3.05) is 19.4 Å². The molecule has 2 aromatic rings. The average molecular weight is 293 g/mol. The van der Waals surface area contributed by atoms with Gasteiger partial charge in [-0.1, -0.05) is 23.7 Å². The normalized spacial score (nSPS) is 10.8. The number of nitrogens with one attached hydrogen (secondary N) is 1. The lowest BCUT2D eigenvalue weighted by Gasteiger charge is -2.12. The highest BCUT2D eigenvalue weighted by molar-refractivity contribution is 6.30. The summed E-state index contributed by atoms with van der Waals surface area (Å²) in [6.07, 6.45) is 0. The quantitative estimate of drug-likeness (QED) is 0.890. The SMILES string of the molecule is CN(C)Cc1cccc(NCc2cc(F)cc(Cl)c2)c1. The van der Waals surface area contributed by atoms with Crippen molar-refractivity contribution in [2.45, 2.75) is 13.1 Å². The van der Waals surface area contributed by atoms with Gasteiger partial charge in [0.15, 0.2) is 0 Å². The van der Waals surface area contributed by atoms with Crippen molar-refractivity contribution in [1.82, 2.24) is 4.90 Å². The third-order valence-electron chi connectivity index (χ3n) is 2.84. The summed E-state index contributed by atoms with van der Waals surface area (Å²) in [6.45, 7) is 1.43. The molecule has 4 heteroatoms. The molecule has 0 saturated carbocycles. The van der Waals surface area contributed by atoms with Crippen LogP contribution in [-0.4, -0.2) is 19.0 Å². The second-order valence-electron chi connectivity index (χ2n) is 5.07. The summed E-state index contributed by atoms with van der Waals surface area (Å²) < 4.78 is 13.2. The van der Waals surface area contributed by atoms with Crippen molar-refractivity contribution in [1.29, 1.82) is 0 Å². The van der Waals surface area contributed by atoms with Crippen molar-refractivity contribution in [2.24, 2.45) is 0 Å². The molecule has 0 aliphatic rings. The van der Waals surface area contributed by atoms with Crippen LogP contribution >= 0.6 is 11.6 Å². The molecule has 106 valence electrons. The topological polar surface area (TPSA) is 15.3 Å². The maximum atomic E-state index is 13.2. The van der Waals surface area contributed by atoms with Gasteiger partial charge in [0.25, 0.3) is 0 Å². The largest absolute Gasteiger partial charge is 0.381 e. The molecule has 20 heavy (non-hydrogen) atoms. The van der Waals surface area contributed by atoms with Crippen molar-refractivity contribution in [3.8, 4) is 0 Å². The zero-order chi connectivity index (χ0) is 14.5. The van der Waals surface area contributed by atoms with Crippen LogP contribution < -0.4 is 5.32 Å². The van der Waals surface area contributed by atoms with Gasteiger partial charge in [0.1, 0.15) is 5.82 Å². The summed E-state index contributed by atoms with van der Waals surface area (Å²) >= 11 is 5.84. The minimum atomic E-state index is -0.310. The van der Waals surface area contributed by atoms with E-state index in [-0.39, 0.29) is 5.82 Å². The van der Waals surface area contributed by atoms with E-state index in [1.165, 1.54) is 17.7 Å². The standard InChI is InChI=1S/C16H18ClFN2/c1-20(2)11-12-4-3-5-16(8-12)19-10-13-6-14(17)9-15(18)7-13/h3-9,19H,10-11H2,1-2H3. The van der Waals surface area contributed by atoms with Gasteiger partial charge in [0.05, 0.1) is 0 Å². The molecule has 0 aliphatic carbocycles. The van der Waals surface area contributed by atoms with Crippen molar-refractivity contribution < 1.29 is 4.39 Å². The Bertz CT molecular complexity index is 564. The van der Waals surface area contributed by atoms with Crippen LogP contribution in [0.15, 0.2) is 42.5 Å². The summed E-state index contributed by atoms with van der Waals surface area (Å²) in [5.41, 5.74) is 3.08. The Balaban J connectivity index is 2.03. The third-order valence-corrected chi connectivity index (χ3v) is 3.06. The Morgan fingerprint density at radius 1 is 1.10 bits per heavy atom. The summed E-state index contributed by atoms with van der Waals surface area (Å²) in [7, 11) is 4.07. The van der Waals surface area contributed by atoms with E-state index in [2.05, 4.69) is 22.3 Å². The van der Waals surface area contributed by atoms with Gasteiger partial charge in [-0.05, 0) is 55.6 Å². The van der Waals surface area contributed by atoms with Gasteiger partial charge in [0.2, 0.25) is 0 Å². The van der Waals surface area contributed by atoms with Gasteiger partial charge in [-0.3, -0.25) is 0 Å². The highest BCUT2D eigenvalue weighted by Crippen LogP contribution is 2.17. The van der Waals surface area contributed by atoms with Crippen LogP contribution in [0.1, 0.15) is 11.1 Å². The van der Waals surface area contributed by atoms with Gasteiger partial charge >= 0.3 is 0 Å². The molecular formula is C16H18ClFN2. The van der Waals surface area contributed by atoms with E-state index >= 15 is 0 Å². The van der Waals surface area contributed by atoms with Crippen LogP contribution in [0, 0.1) is 5.82 Å².